The van der Waals surface area contributed by atoms with E-state index in [2.05, 4.69) is 0 Å². The summed E-state index contributed by atoms with van der Waals surface area (Å²) in [5.74, 6) is -2.90. The van der Waals surface area contributed by atoms with Gasteiger partial charge in [0.1, 0.15) is 0 Å². The van der Waals surface area contributed by atoms with Crippen molar-refractivity contribution in [2.45, 2.75) is 39.5 Å². The molecule has 2 atom stereocenters. The van der Waals surface area contributed by atoms with Gasteiger partial charge in [-0.3, -0.25) is 9.59 Å². The fourth-order valence-electron chi connectivity index (χ4n) is 1.32. The smallest absolute Gasteiger partial charge is 0.306 e. The lowest BCUT2D eigenvalue weighted by atomic mass is 9.91. The first kappa shape index (κ1) is 12.9. The maximum absolute atomic E-state index is 10.8. The molecule has 0 heterocycles. The minimum absolute atomic E-state index is 0.227. The van der Waals surface area contributed by atoms with Crippen LogP contribution in [0.1, 0.15) is 39.5 Å². The molecule has 4 nitrogen and oxygen atoms in total. The monoisotopic (exact) mass is 202 g/mol. The van der Waals surface area contributed by atoms with E-state index in [0.717, 1.165) is 12.8 Å². The molecule has 0 aliphatic heterocycles. The van der Waals surface area contributed by atoms with Crippen LogP contribution in [-0.2, 0) is 9.59 Å². The first-order valence-electron chi connectivity index (χ1n) is 4.94. The van der Waals surface area contributed by atoms with Crippen molar-refractivity contribution < 1.29 is 19.8 Å². The van der Waals surface area contributed by atoms with Crippen molar-refractivity contribution in [1.82, 2.24) is 0 Å². The van der Waals surface area contributed by atoms with Gasteiger partial charge in [-0.2, -0.15) is 0 Å². The van der Waals surface area contributed by atoms with Gasteiger partial charge in [-0.1, -0.05) is 26.7 Å². The zero-order valence-corrected chi connectivity index (χ0v) is 8.69. The van der Waals surface area contributed by atoms with Crippen LogP contribution in [0.15, 0.2) is 0 Å². The molecule has 0 aliphatic carbocycles. The molecule has 0 aromatic carbocycles. The largest absolute Gasteiger partial charge is 0.481 e. The number of rotatable bonds is 7. The second kappa shape index (κ2) is 6.40. The second-order valence-electron chi connectivity index (χ2n) is 3.65. The van der Waals surface area contributed by atoms with Crippen molar-refractivity contribution in [3.63, 3.8) is 0 Å². The number of carbonyl (C=O) groups is 2. The molecule has 0 spiro atoms. The Labute approximate surface area is 83.9 Å². The summed E-state index contributed by atoms with van der Waals surface area (Å²) in [6, 6.07) is 0. The number of hydrogen-bond acceptors (Lipinski definition) is 2. The Morgan fingerprint density at radius 3 is 2.14 bits per heavy atom. The van der Waals surface area contributed by atoms with E-state index < -0.39 is 23.8 Å². The quantitative estimate of drug-likeness (QED) is 0.662. The van der Waals surface area contributed by atoms with Gasteiger partial charge >= 0.3 is 11.9 Å². The summed E-state index contributed by atoms with van der Waals surface area (Å²) in [6.07, 6.45) is 2.57. The predicted molar refractivity (Wildman–Crippen MR) is 52.1 cm³/mol. The second-order valence-corrected chi connectivity index (χ2v) is 3.65. The van der Waals surface area contributed by atoms with Crippen molar-refractivity contribution in [3.8, 4) is 0 Å². The number of carboxylic acid groups (broad SMARTS) is 2. The Morgan fingerprint density at radius 2 is 1.79 bits per heavy atom. The third-order valence-corrected chi connectivity index (χ3v) is 2.32. The van der Waals surface area contributed by atoms with Crippen LogP contribution in [-0.4, -0.2) is 22.2 Å². The molecule has 0 bridgehead atoms. The summed E-state index contributed by atoms with van der Waals surface area (Å²) in [6.45, 7) is 3.53. The van der Waals surface area contributed by atoms with Gasteiger partial charge < -0.3 is 10.2 Å². The van der Waals surface area contributed by atoms with Crippen LogP contribution < -0.4 is 0 Å². The van der Waals surface area contributed by atoms with Gasteiger partial charge in [0.25, 0.3) is 0 Å². The Morgan fingerprint density at radius 1 is 1.21 bits per heavy atom. The Hall–Kier alpha value is -1.06. The van der Waals surface area contributed by atoms with E-state index in [0.29, 0.717) is 6.42 Å². The van der Waals surface area contributed by atoms with Crippen LogP contribution in [0.25, 0.3) is 0 Å². The lowest BCUT2D eigenvalue weighted by molar-refractivity contribution is -0.145. The minimum Gasteiger partial charge on any atom is -0.481 e. The highest BCUT2D eigenvalue weighted by Crippen LogP contribution is 2.18. The van der Waals surface area contributed by atoms with Gasteiger partial charge in [0.15, 0.2) is 0 Å². The van der Waals surface area contributed by atoms with Gasteiger partial charge in [-0.15, -0.1) is 0 Å². The zero-order chi connectivity index (χ0) is 11.1. The van der Waals surface area contributed by atoms with Crippen molar-refractivity contribution in [3.05, 3.63) is 0 Å². The fourth-order valence-corrected chi connectivity index (χ4v) is 1.32. The van der Waals surface area contributed by atoms with Crippen molar-refractivity contribution in [1.29, 1.82) is 0 Å². The Kier molecular flexibility index (Phi) is 5.92. The molecule has 0 saturated carbocycles. The molecule has 0 amide bonds. The summed E-state index contributed by atoms with van der Waals surface area (Å²) in [7, 11) is 0. The summed E-state index contributed by atoms with van der Waals surface area (Å²) >= 11 is 0. The van der Waals surface area contributed by atoms with E-state index in [1.165, 1.54) is 0 Å². The van der Waals surface area contributed by atoms with E-state index >= 15 is 0 Å². The number of carboxylic acids is 2. The Balaban J connectivity index is 4.08. The maximum Gasteiger partial charge on any atom is 0.306 e. The highest BCUT2D eigenvalue weighted by Gasteiger charge is 2.23. The molecule has 0 saturated heterocycles. The van der Waals surface area contributed by atoms with Gasteiger partial charge in [0, 0.05) is 0 Å². The Bertz CT molecular complexity index is 200. The normalized spacial score (nSPS) is 14.7. The molecule has 0 aromatic heterocycles. The van der Waals surface area contributed by atoms with Gasteiger partial charge in [0.05, 0.1) is 11.8 Å². The van der Waals surface area contributed by atoms with E-state index in [-0.39, 0.29) is 6.42 Å². The van der Waals surface area contributed by atoms with Crippen LogP contribution in [0.4, 0.5) is 0 Å². The standard InChI is InChI=1S/C10H18O4/c1-3-4-5-8(10(13)14)6-7(2)9(11)12/h7-8H,3-6H2,1-2H3,(H,11,12)(H,13,14). The molecule has 2 unspecified atom stereocenters. The predicted octanol–water partition coefficient (Wildman–Crippen LogP) is 1.99. The van der Waals surface area contributed by atoms with Crippen molar-refractivity contribution in [2.24, 2.45) is 11.8 Å². The van der Waals surface area contributed by atoms with Crippen LogP contribution in [0, 0.1) is 11.8 Å². The van der Waals surface area contributed by atoms with Gasteiger partial charge in [-0.25, -0.2) is 0 Å². The molecular weight excluding hydrogens is 184 g/mol. The molecule has 2 N–H and O–H groups in total. The topological polar surface area (TPSA) is 74.6 Å². The third-order valence-electron chi connectivity index (χ3n) is 2.32. The number of unbranched alkanes of at least 4 members (excludes halogenated alkanes) is 1. The third kappa shape index (κ3) is 4.84. The minimum atomic E-state index is -0.923. The number of aliphatic carboxylic acids is 2. The molecule has 4 heteroatoms. The first-order valence-corrected chi connectivity index (χ1v) is 4.94. The lowest BCUT2D eigenvalue weighted by Gasteiger charge is -2.13. The molecule has 0 fully saturated rings. The van der Waals surface area contributed by atoms with Crippen LogP contribution in [0.3, 0.4) is 0 Å². The molecule has 0 rings (SSSR count). The number of hydrogen-bond donors (Lipinski definition) is 2. The average molecular weight is 202 g/mol. The van der Waals surface area contributed by atoms with Crippen LogP contribution in [0.5, 0.6) is 0 Å². The summed E-state index contributed by atoms with van der Waals surface area (Å²) in [5.41, 5.74) is 0. The lowest BCUT2D eigenvalue weighted by Crippen LogP contribution is -2.20. The average Bonchev–Trinajstić information content (AvgIpc) is 2.10. The first-order chi connectivity index (χ1) is 6.49. The van der Waals surface area contributed by atoms with E-state index in [1.54, 1.807) is 6.92 Å². The highest BCUT2D eigenvalue weighted by molar-refractivity contribution is 5.73. The van der Waals surface area contributed by atoms with E-state index in [1.807, 2.05) is 6.92 Å². The van der Waals surface area contributed by atoms with Crippen LogP contribution >= 0.6 is 0 Å². The highest BCUT2D eigenvalue weighted by atomic mass is 16.4. The molecular formula is C10H18O4. The van der Waals surface area contributed by atoms with Crippen molar-refractivity contribution in [2.75, 3.05) is 0 Å². The molecule has 82 valence electrons. The van der Waals surface area contributed by atoms with Crippen molar-refractivity contribution >= 4 is 11.9 Å². The van der Waals surface area contributed by atoms with E-state index in [4.69, 9.17) is 10.2 Å². The molecule has 0 aliphatic rings. The van der Waals surface area contributed by atoms with Gasteiger partial charge in [-0.05, 0) is 12.8 Å². The summed E-state index contributed by atoms with van der Waals surface area (Å²) < 4.78 is 0. The zero-order valence-electron chi connectivity index (χ0n) is 8.69. The van der Waals surface area contributed by atoms with E-state index in [9.17, 15) is 9.59 Å². The summed E-state index contributed by atoms with van der Waals surface area (Å²) in [4.78, 5) is 21.3. The summed E-state index contributed by atoms with van der Waals surface area (Å²) in [5, 5.41) is 17.5. The molecule has 0 aromatic rings. The van der Waals surface area contributed by atoms with Gasteiger partial charge in [0.2, 0.25) is 0 Å². The SMILES string of the molecule is CCCCC(CC(C)C(=O)O)C(=O)O. The van der Waals surface area contributed by atoms with Crippen LogP contribution in [0.2, 0.25) is 0 Å². The maximum atomic E-state index is 10.8. The fraction of sp³-hybridized carbons (Fsp3) is 0.800. The molecule has 0 radical (unpaired) electrons. The molecule has 14 heavy (non-hydrogen) atoms.